The molecule has 0 aliphatic heterocycles. The highest BCUT2D eigenvalue weighted by atomic mass is 16.1. The summed E-state index contributed by atoms with van der Waals surface area (Å²) in [5.74, 6) is 0.819. The van der Waals surface area contributed by atoms with Crippen LogP contribution in [0.25, 0.3) is 0 Å². The topological polar surface area (TPSA) is 73.8 Å². The normalized spacial score (nSPS) is 12.8. The summed E-state index contributed by atoms with van der Waals surface area (Å²) in [5.41, 5.74) is 4.93. The monoisotopic (exact) mass is 252 g/mol. The van der Waals surface area contributed by atoms with Gasteiger partial charge in [-0.1, -0.05) is 20.8 Å². The summed E-state index contributed by atoms with van der Waals surface area (Å²) < 4.78 is 1.79. The van der Waals surface area contributed by atoms with Crippen LogP contribution in [-0.4, -0.2) is 26.1 Å². The van der Waals surface area contributed by atoms with Crippen molar-refractivity contribution in [3.8, 4) is 0 Å². The van der Waals surface area contributed by atoms with Gasteiger partial charge in [-0.25, -0.2) is 9.67 Å². The van der Waals surface area contributed by atoms with Gasteiger partial charge in [0, 0.05) is 17.5 Å². The lowest BCUT2D eigenvalue weighted by molar-refractivity contribution is -0.129. The van der Waals surface area contributed by atoms with Crippen LogP contribution in [0.5, 0.6) is 0 Å². The van der Waals surface area contributed by atoms with E-state index in [4.69, 9.17) is 5.73 Å². The van der Waals surface area contributed by atoms with Crippen LogP contribution in [0.3, 0.4) is 0 Å². The summed E-state index contributed by atoms with van der Waals surface area (Å²) >= 11 is 0. The minimum atomic E-state index is -0.587. The Labute approximate surface area is 109 Å². The molecule has 0 aliphatic rings. The van der Waals surface area contributed by atoms with Gasteiger partial charge >= 0.3 is 0 Å². The van der Waals surface area contributed by atoms with E-state index in [2.05, 4.69) is 17.0 Å². The number of nitrogens with zero attached hydrogens (tertiary/aromatic N) is 3. The van der Waals surface area contributed by atoms with E-state index in [0.29, 0.717) is 0 Å². The van der Waals surface area contributed by atoms with Gasteiger partial charge in [-0.3, -0.25) is 4.79 Å². The van der Waals surface area contributed by atoms with Gasteiger partial charge in [0.05, 0.1) is 6.42 Å². The van der Waals surface area contributed by atoms with E-state index < -0.39 is 11.0 Å². The van der Waals surface area contributed by atoms with Gasteiger partial charge in [0.15, 0.2) is 0 Å². The van der Waals surface area contributed by atoms with Crippen LogP contribution in [0.15, 0.2) is 6.33 Å². The molecule has 0 spiro atoms. The van der Waals surface area contributed by atoms with Gasteiger partial charge in [-0.05, 0) is 20.3 Å². The molecule has 1 rings (SSSR count). The minimum absolute atomic E-state index is 0.0975. The lowest BCUT2D eigenvalue weighted by Gasteiger charge is -2.37. The molecule has 1 aromatic rings. The van der Waals surface area contributed by atoms with Gasteiger partial charge in [0.25, 0.3) is 0 Å². The quantitative estimate of drug-likeness (QED) is 0.834. The fraction of sp³-hybridized carbons (Fsp3) is 0.769. The van der Waals surface area contributed by atoms with E-state index in [1.807, 2.05) is 27.7 Å². The zero-order chi connectivity index (χ0) is 14.0. The van der Waals surface area contributed by atoms with E-state index in [9.17, 15) is 4.79 Å². The smallest absolute Gasteiger partial charge is 0.147 e. The zero-order valence-electron chi connectivity index (χ0n) is 12.0. The van der Waals surface area contributed by atoms with Crippen molar-refractivity contribution in [2.24, 2.45) is 11.1 Å². The molecule has 1 aromatic heterocycles. The van der Waals surface area contributed by atoms with Crippen molar-refractivity contribution >= 4 is 5.78 Å². The first-order chi connectivity index (χ1) is 8.20. The first kappa shape index (κ1) is 14.8. The van der Waals surface area contributed by atoms with E-state index in [1.54, 1.807) is 4.68 Å². The molecule has 0 saturated heterocycles. The molecule has 0 amide bonds. The average molecular weight is 252 g/mol. The third-order valence-corrected chi connectivity index (χ3v) is 3.76. The number of aromatic nitrogens is 3. The molecule has 0 atom stereocenters. The molecule has 5 heteroatoms. The number of Topliss-reactive ketones (excluding diaryl/α,β-unsaturated/α-hetero) is 1. The molecule has 1 heterocycles. The highest BCUT2D eigenvalue weighted by Crippen LogP contribution is 2.30. The van der Waals surface area contributed by atoms with E-state index >= 15 is 0 Å². The van der Waals surface area contributed by atoms with Crippen molar-refractivity contribution in [2.45, 2.75) is 59.5 Å². The molecule has 5 nitrogen and oxygen atoms in total. The minimum Gasteiger partial charge on any atom is -0.325 e. The Morgan fingerprint density at radius 2 is 2.00 bits per heavy atom. The lowest BCUT2D eigenvalue weighted by Crippen LogP contribution is -2.52. The third-order valence-electron chi connectivity index (χ3n) is 3.76. The number of carbonyl (C=O) groups excluding carboxylic acids is 1. The van der Waals surface area contributed by atoms with Crippen molar-refractivity contribution < 1.29 is 4.79 Å². The lowest BCUT2D eigenvalue weighted by atomic mass is 9.71. The van der Waals surface area contributed by atoms with E-state index in [0.717, 1.165) is 18.8 Å². The number of nitrogens with two attached hydrogens (primary N) is 1. The second-order valence-electron chi connectivity index (χ2n) is 5.85. The van der Waals surface area contributed by atoms with Gasteiger partial charge < -0.3 is 5.73 Å². The standard InChI is InChI=1S/C13H24N4O/c1-6-7-17-11(15-9-16-17)8-10(18)12(2,3)13(4,5)14/h9H,6-8,14H2,1-5H3. The summed E-state index contributed by atoms with van der Waals surface area (Å²) in [4.78, 5) is 16.5. The second-order valence-corrected chi connectivity index (χ2v) is 5.85. The summed E-state index contributed by atoms with van der Waals surface area (Å²) in [6.07, 6.45) is 2.75. The van der Waals surface area contributed by atoms with E-state index in [-0.39, 0.29) is 12.2 Å². The molecule has 0 radical (unpaired) electrons. The van der Waals surface area contributed by atoms with Crippen molar-refractivity contribution in [3.05, 3.63) is 12.2 Å². The summed E-state index contributed by atoms with van der Waals surface area (Å²) in [5, 5.41) is 4.13. The SMILES string of the molecule is CCCn1ncnc1CC(=O)C(C)(C)C(C)(C)N. The highest BCUT2D eigenvalue weighted by molar-refractivity contribution is 5.86. The zero-order valence-corrected chi connectivity index (χ0v) is 12.0. The van der Waals surface area contributed by atoms with Crippen molar-refractivity contribution in [1.82, 2.24) is 14.8 Å². The summed E-state index contributed by atoms with van der Waals surface area (Å²) in [6.45, 7) is 10.4. The van der Waals surface area contributed by atoms with Crippen LogP contribution >= 0.6 is 0 Å². The Balaban J connectivity index is 2.85. The number of aryl methyl sites for hydroxylation is 1. The number of ketones is 1. The molecule has 102 valence electrons. The van der Waals surface area contributed by atoms with Gasteiger partial charge in [0.1, 0.15) is 17.9 Å². The van der Waals surface area contributed by atoms with Crippen LogP contribution in [0, 0.1) is 5.41 Å². The largest absolute Gasteiger partial charge is 0.325 e. The number of hydrogen-bond acceptors (Lipinski definition) is 4. The average Bonchev–Trinajstić information content (AvgIpc) is 2.64. The Bertz CT molecular complexity index is 415. The van der Waals surface area contributed by atoms with Crippen LogP contribution in [0.1, 0.15) is 46.9 Å². The van der Waals surface area contributed by atoms with Crippen LogP contribution in [-0.2, 0) is 17.8 Å². The first-order valence-corrected chi connectivity index (χ1v) is 6.39. The van der Waals surface area contributed by atoms with Crippen LogP contribution in [0.2, 0.25) is 0 Å². The maximum atomic E-state index is 12.4. The molecule has 0 fully saturated rings. The number of rotatable bonds is 6. The number of hydrogen-bond donors (Lipinski definition) is 1. The Morgan fingerprint density at radius 1 is 1.39 bits per heavy atom. The Morgan fingerprint density at radius 3 is 2.50 bits per heavy atom. The van der Waals surface area contributed by atoms with Gasteiger partial charge in [-0.2, -0.15) is 5.10 Å². The molecular weight excluding hydrogens is 228 g/mol. The van der Waals surface area contributed by atoms with Crippen molar-refractivity contribution in [3.63, 3.8) is 0 Å². The molecule has 0 unspecified atom stereocenters. The second kappa shape index (κ2) is 5.18. The molecule has 18 heavy (non-hydrogen) atoms. The first-order valence-electron chi connectivity index (χ1n) is 6.39. The predicted molar refractivity (Wildman–Crippen MR) is 71.1 cm³/mol. The molecule has 0 saturated carbocycles. The predicted octanol–water partition coefficient (Wildman–Crippen LogP) is 1.56. The molecule has 0 bridgehead atoms. The Kier molecular flexibility index (Phi) is 4.27. The molecular formula is C13H24N4O. The van der Waals surface area contributed by atoms with Crippen molar-refractivity contribution in [2.75, 3.05) is 0 Å². The molecule has 2 N–H and O–H groups in total. The molecule has 0 aliphatic carbocycles. The number of carbonyl (C=O) groups is 1. The van der Waals surface area contributed by atoms with Gasteiger partial charge in [0.2, 0.25) is 0 Å². The fourth-order valence-corrected chi connectivity index (χ4v) is 1.55. The highest BCUT2D eigenvalue weighted by Gasteiger charge is 2.40. The Hall–Kier alpha value is -1.23. The van der Waals surface area contributed by atoms with Crippen LogP contribution < -0.4 is 5.73 Å². The van der Waals surface area contributed by atoms with Crippen LogP contribution in [0.4, 0.5) is 0 Å². The third kappa shape index (κ3) is 2.96. The maximum absolute atomic E-state index is 12.4. The van der Waals surface area contributed by atoms with E-state index in [1.165, 1.54) is 6.33 Å². The van der Waals surface area contributed by atoms with Crippen molar-refractivity contribution in [1.29, 1.82) is 0 Å². The molecule has 0 aromatic carbocycles. The summed E-state index contributed by atoms with van der Waals surface area (Å²) in [6, 6.07) is 0. The maximum Gasteiger partial charge on any atom is 0.147 e. The van der Waals surface area contributed by atoms with Gasteiger partial charge in [-0.15, -0.1) is 0 Å². The summed E-state index contributed by atoms with van der Waals surface area (Å²) in [7, 11) is 0. The fourth-order valence-electron chi connectivity index (χ4n) is 1.55.